The highest BCUT2D eigenvalue weighted by molar-refractivity contribution is 5.96. The number of nitrogens with zero attached hydrogens (tertiary/aromatic N) is 2. The monoisotopic (exact) mass is 398 g/mol. The number of hydrogen-bond acceptors (Lipinski definition) is 4. The van der Waals surface area contributed by atoms with E-state index in [0.29, 0.717) is 18.4 Å². The summed E-state index contributed by atoms with van der Waals surface area (Å²) in [6, 6.07) is 0. The fraction of sp³-hybridized carbons (Fsp3) is 0.800. The Balaban J connectivity index is 1.41. The molecule has 0 bridgehead atoms. The summed E-state index contributed by atoms with van der Waals surface area (Å²) >= 11 is 0. The molecule has 0 aromatic heterocycles. The summed E-state index contributed by atoms with van der Waals surface area (Å²) in [5, 5.41) is 15.5. The average molecular weight is 399 g/mol. The molecule has 0 saturated heterocycles. The summed E-state index contributed by atoms with van der Waals surface area (Å²) in [5.41, 5.74) is 1.74. The molecule has 0 aromatic carbocycles. The van der Waals surface area contributed by atoms with E-state index in [4.69, 9.17) is 11.3 Å². The van der Waals surface area contributed by atoms with Gasteiger partial charge in [-0.3, -0.25) is 0 Å². The van der Waals surface area contributed by atoms with Crippen LogP contribution in [0.1, 0.15) is 64.7 Å². The first-order valence-electron chi connectivity index (χ1n) is 11.6. The van der Waals surface area contributed by atoms with Gasteiger partial charge in [-0.05, 0) is 102 Å². The van der Waals surface area contributed by atoms with E-state index in [2.05, 4.69) is 43.1 Å². The average Bonchev–Trinajstić information content (AvgIpc) is 2.98. The van der Waals surface area contributed by atoms with E-state index < -0.39 is 5.60 Å². The van der Waals surface area contributed by atoms with Gasteiger partial charge in [0.25, 0.3) is 0 Å². The summed E-state index contributed by atoms with van der Waals surface area (Å²) in [7, 11) is 4.17. The molecular weight excluding hydrogens is 360 g/mol. The number of rotatable bonds is 5. The SMILES string of the molecule is C#C[C@]1(O)CC[C@H]2[C@@H]3CCC4=C/C(=N/OCCCN(C)C)CC[C@@H]4[C@H]3CC[C@@]21C. The second-order valence-electron chi connectivity index (χ2n) is 10.4. The van der Waals surface area contributed by atoms with Crippen molar-refractivity contribution >= 4 is 5.71 Å². The van der Waals surface area contributed by atoms with Crippen LogP contribution in [0.2, 0.25) is 0 Å². The fourth-order valence-electron chi connectivity index (χ4n) is 7.09. The van der Waals surface area contributed by atoms with Crippen LogP contribution in [0.25, 0.3) is 0 Å². The zero-order valence-electron chi connectivity index (χ0n) is 18.5. The van der Waals surface area contributed by atoms with Crippen molar-refractivity contribution in [3.05, 3.63) is 11.6 Å². The Kier molecular flexibility index (Phi) is 5.84. The summed E-state index contributed by atoms with van der Waals surface area (Å²) in [6.07, 6.45) is 17.9. The highest BCUT2D eigenvalue weighted by Gasteiger charge is 2.61. The maximum Gasteiger partial charge on any atom is 0.130 e. The van der Waals surface area contributed by atoms with Crippen LogP contribution in [-0.2, 0) is 4.84 Å². The molecule has 3 fully saturated rings. The number of terminal acetylenes is 1. The minimum Gasteiger partial charge on any atom is -0.396 e. The molecule has 0 radical (unpaired) electrons. The highest BCUT2D eigenvalue weighted by atomic mass is 16.6. The number of hydrogen-bond donors (Lipinski definition) is 1. The molecule has 0 unspecified atom stereocenters. The van der Waals surface area contributed by atoms with Crippen LogP contribution in [0.3, 0.4) is 0 Å². The second kappa shape index (κ2) is 8.08. The van der Waals surface area contributed by atoms with E-state index in [9.17, 15) is 5.11 Å². The lowest BCUT2D eigenvalue weighted by atomic mass is 9.50. The van der Waals surface area contributed by atoms with Gasteiger partial charge in [0.15, 0.2) is 0 Å². The van der Waals surface area contributed by atoms with Crippen LogP contribution in [-0.4, -0.2) is 48.6 Å². The van der Waals surface area contributed by atoms with Gasteiger partial charge in [-0.1, -0.05) is 23.6 Å². The molecule has 4 rings (SSSR count). The molecule has 0 heterocycles. The van der Waals surface area contributed by atoms with Gasteiger partial charge in [-0.25, -0.2) is 0 Å². The van der Waals surface area contributed by atoms with Crippen LogP contribution < -0.4 is 0 Å². The molecule has 4 nitrogen and oxygen atoms in total. The molecule has 3 saturated carbocycles. The molecule has 4 aliphatic rings. The standard InChI is InChI=1S/C25H38N2O2/c1-5-25(28)14-12-23-22-9-7-18-17-19(26-29-16-6-15-27(3)4)8-10-20(18)21(22)11-13-24(23,25)2/h1,17,20-23,28H,6-16H2,2-4H3/b26-19+/t20-,21+,22+,23-,24-,25-/m0/s1. The number of aliphatic hydroxyl groups is 1. The first-order chi connectivity index (χ1) is 13.9. The fourth-order valence-corrected chi connectivity index (χ4v) is 7.09. The molecule has 0 spiro atoms. The molecule has 29 heavy (non-hydrogen) atoms. The highest BCUT2D eigenvalue weighted by Crippen LogP contribution is 2.64. The zero-order chi connectivity index (χ0) is 20.6. The molecule has 0 aromatic rings. The van der Waals surface area contributed by atoms with Gasteiger partial charge in [0.2, 0.25) is 0 Å². The largest absolute Gasteiger partial charge is 0.396 e. The number of fused-ring (bicyclic) bond motifs is 5. The minimum atomic E-state index is -0.894. The molecule has 1 N–H and O–H groups in total. The third-order valence-electron chi connectivity index (χ3n) is 8.73. The smallest absolute Gasteiger partial charge is 0.130 e. The first kappa shape index (κ1) is 20.9. The molecule has 4 heteroatoms. The van der Waals surface area contributed by atoms with Crippen molar-refractivity contribution in [3.63, 3.8) is 0 Å². The van der Waals surface area contributed by atoms with Crippen LogP contribution in [0.4, 0.5) is 0 Å². The third-order valence-corrected chi connectivity index (χ3v) is 8.73. The Morgan fingerprint density at radius 2 is 2.03 bits per heavy atom. The quantitative estimate of drug-likeness (QED) is 0.428. The second-order valence-corrected chi connectivity index (χ2v) is 10.4. The maximum atomic E-state index is 11.1. The normalized spacial score (nSPS) is 42.6. The first-order valence-corrected chi connectivity index (χ1v) is 11.6. The van der Waals surface area contributed by atoms with Gasteiger partial charge in [0, 0.05) is 12.0 Å². The van der Waals surface area contributed by atoms with E-state index in [1.807, 2.05) is 0 Å². The van der Waals surface area contributed by atoms with Gasteiger partial charge in [0.1, 0.15) is 12.2 Å². The van der Waals surface area contributed by atoms with Crippen molar-refractivity contribution in [2.45, 2.75) is 70.3 Å². The maximum absolute atomic E-state index is 11.1. The van der Waals surface area contributed by atoms with E-state index in [1.165, 1.54) is 25.7 Å². The predicted octanol–water partition coefficient (Wildman–Crippen LogP) is 4.25. The van der Waals surface area contributed by atoms with Gasteiger partial charge < -0.3 is 14.8 Å². The molecule has 4 aliphatic carbocycles. The Morgan fingerprint density at radius 3 is 2.79 bits per heavy atom. The van der Waals surface area contributed by atoms with Crippen LogP contribution in [0.5, 0.6) is 0 Å². The Labute approximate surface area is 176 Å². The van der Waals surface area contributed by atoms with Crippen molar-refractivity contribution in [3.8, 4) is 12.3 Å². The third kappa shape index (κ3) is 3.66. The molecular formula is C25H38N2O2. The summed E-state index contributed by atoms with van der Waals surface area (Å²) in [4.78, 5) is 7.76. The topological polar surface area (TPSA) is 45.1 Å². The van der Waals surface area contributed by atoms with Gasteiger partial charge >= 0.3 is 0 Å². The van der Waals surface area contributed by atoms with Gasteiger partial charge in [-0.15, -0.1) is 6.42 Å². The van der Waals surface area contributed by atoms with Crippen molar-refractivity contribution in [2.75, 3.05) is 27.2 Å². The lowest BCUT2D eigenvalue weighted by Gasteiger charge is -2.54. The van der Waals surface area contributed by atoms with Crippen LogP contribution in [0.15, 0.2) is 16.8 Å². The van der Waals surface area contributed by atoms with Gasteiger partial charge in [0.05, 0.1) is 5.71 Å². The Bertz CT molecular complexity index is 721. The van der Waals surface area contributed by atoms with Crippen molar-refractivity contribution in [1.82, 2.24) is 4.90 Å². The summed E-state index contributed by atoms with van der Waals surface area (Å²) in [5.74, 6) is 5.55. The Morgan fingerprint density at radius 1 is 1.21 bits per heavy atom. The summed E-state index contributed by atoms with van der Waals surface area (Å²) < 4.78 is 0. The van der Waals surface area contributed by atoms with Crippen LogP contribution >= 0.6 is 0 Å². The van der Waals surface area contributed by atoms with E-state index in [-0.39, 0.29) is 5.41 Å². The van der Waals surface area contributed by atoms with E-state index >= 15 is 0 Å². The molecule has 160 valence electrons. The molecule has 0 aliphatic heterocycles. The van der Waals surface area contributed by atoms with Crippen LogP contribution in [0, 0.1) is 41.4 Å². The van der Waals surface area contributed by atoms with Crippen molar-refractivity contribution in [2.24, 2.45) is 34.2 Å². The number of oxime groups is 1. The molecule has 6 atom stereocenters. The van der Waals surface area contributed by atoms with E-state index in [1.54, 1.807) is 5.57 Å². The minimum absolute atomic E-state index is 0.0915. The van der Waals surface area contributed by atoms with Crippen molar-refractivity contribution in [1.29, 1.82) is 0 Å². The molecule has 0 amide bonds. The summed E-state index contributed by atoms with van der Waals surface area (Å²) in [6.45, 7) is 3.99. The van der Waals surface area contributed by atoms with E-state index in [0.717, 1.165) is 56.2 Å². The number of allylic oxidation sites excluding steroid dienone is 2. The Hall–Kier alpha value is -1.31. The lowest BCUT2D eigenvalue weighted by molar-refractivity contribution is -0.0852. The zero-order valence-corrected chi connectivity index (χ0v) is 18.5. The predicted molar refractivity (Wildman–Crippen MR) is 117 cm³/mol. The lowest BCUT2D eigenvalue weighted by Crippen LogP contribution is -2.52. The van der Waals surface area contributed by atoms with Crippen molar-refractivity contribution < 1.29 is 9.94 Å². The van der Waals surface area contributed by atoms with Gasteiger partial charge in [-0.2, -0.15) is 0 Å².